The molecule has 0 fully saturated rings. The largest absolute Gasteiger partial charge is 0.491 e. The Balaban J connectivity index is 1.18. The number of amides is 1. The van der Waals surface area contributed by atoms with Gasteiger partial charge in [0.2, 0.25) is 0 Å². The average Bonchev–Trinajstić information content (AvgIpc) is 3.34. The molecule has 1 aliphatic heterocycles. The molecule has 0 aliphatic carbocycles. The molecule has 1 aromatic heterocycles. The zero-order chi connectivity index (χ0) is 30.7. The Morgan fingerprint density at radius 2 is 1.64 bits per heavy atom. The third-order valence-electron chi connectivity index (χ3n) is 7.69. The number of rotatable bonds is 15. The van der Waals surface area contributed by atoms with Crippen LogP contribution < -0.4 is 19.9 Å². The van der Waals surface area contributed by atoms with Crippen molar-refractivity contribution in [1.82, 2.24) is 10.3 Å². The van der Waals surface area contributed by atoms with Crippen molar-refractivity contribution in [3.8, 4) is 17.0 Å². The summed E-state index contributed by atoms with van der Waals surface area (Å²) in [6.07, 6.45) is 7.31. The Bertz CT molecular complexity index is 1570. The summed E-state index contributed by atoms with van der Waals surface area (Å²) in [5.74, 6) is 0.328. The summed E-state index contributed by atoms with van der Waals surface area (Å²) in [5.41, 5.74) is 4.22. The van der Waals surface area contributed by atoms with E-state index in [1.807, 2.05) is 66.7 Å². The van der Waals surface area contributed by atoms with Crippen LogP contribution in [0, 0.1) is 5.82 Å². The van der Waals surface area contributed by atoms with Gasteiger partial charge in [-0.05, 0) is 36.1 Å². The fraction of sp³-hybridized carbons (Fsp3) is 0.314. The summed E-state index contributed by atoms with van der Waals surface area (Å²) in [7, 11) is 0. The molecule has 8 nitrogen and oxygen atoms in total. The fourth-order valence-corrected chi connectivity index (χ4v) is 5.41. The quantitative estimate of drug-likeness (QED) is 0.108. The predicted molar refractivity (Wildman–Crippen MR) is 166 cm³/mol. The van der Waals surface area contributed by atoms with E-state index in [0.717, 1.165) is 61.0 Å². The van der Waals surface area contributed by atoms with Crippen molar-refractivity contribution in [3.63, 3.8) is 0 Å². The van der Waals surface area contributed by atoms with Crippen molar-refractivity contribution >= 4 is 17.8 Å². The van der Waals surface area contributed by atoms with Gasteiger partial charge >= 0.3 is 17.8 Å². The van der Waals surface area contributed by atoms with Gasteiger partial charge in [0.05, 0.1) is 6.61 Å². The standard InChI is InChI=1S/C35H37FN4O4/c36-28-21-26(17-18-32(28)44-20-12-4-2-1-3-11-19-37-35(42)43)23-30-34(41)40-24-31(27-15-9-6-10-16-27)38-29(33(40)39-30)22-25-13-7-5-8-14-25/h5-10,13-18,21,24,30,37H,1-4,11-12,19-20,22-23H2,(H,42,43)/p+1. The van der Waals surface area contributed by atoms with Crippen LogP contribution in [-0.4, -0.2) is 41.3 Å². The van der Waals surface area contributed by atoms with Crippen molar-refractivity contribution in [3.05, 3.63) is 108 Å². The third-order valence-corrected chi connectivity index (χ3v) is 7.69. The number of ether oxygens (including phenoxy) is 1. The van der Waals surface area contributed by atoms with Gasteiger partial charge in [-0.3, -0.25) is 5.32 Å². The maximum Gasteiger partial charge on any atom is 0.404 e. The fourth-order valence-electron chi connectivity index (χ4n) is 5.41. The molecule has 2 heterocycles. The first-order chi connectivity index (χ1) is 21.5. The van der Waals surface area contributed by atoms with Gasteiger partial charge in [0.1, 0.15) is 17.6 Å². The minimum absolute atomic E-state index is 0.104. The molecule has 0 saturated heterocycles. The third kappa shape index (κ3) is 8.18. The van der Waals surface area contributed by atoms with E-state index in [0.29, 0.717) is 37.4 Å². The Hall–Kier alpha value is -4.79. The highest BCUT2D eigenvalue weighted by molar-refractivity contribution is 5.82. The van der Waals surface area contributed by atoms with E-state index in [1.54, 1.807) is 16.8 Å². The zero-order valence-corrected chi connectivity index (χ0v) is 24.7. The highest BCUT2D eigenvalue weighted by Crippen LogP contribution is 2.26. The van der Waals surface area contributed by atoms with Gasteiger partial charge in [0.25, 0.3) is 0 Å². The summed E-state index contributed by atoms with van der Waals surface area (Å²) in [4.78, 5) is 29.0. The van der Waals surface area contributed by atoms with E-state index >= 15 is 0 Å². The van der Waals surface area contributed by atoms with Crippen LogP contribution in [0.5, 0.6) is 5.75 Å². The van der Waals surface area contributed by atoms with E-state index in [1.165, 1.54) is 6.07 Å². The van der Waals surface area contributed by atoms with Gasteiger partial charge in [-0.2, -0.15) is 4.57 Å². The molecule has 3 N–H and O–H groups in total. The summed E-state index contributed by atoms with van der Waals surface area (Å²) in [6.45, 7) is 0.901. The predicted octanol–water partition coefficient (Wildman–Crippen LogP) is 6.43. The number of carbonyl (C=O) groups is 2. The molecule has 44 heavy (non-hydrogen) atoms. The highest BCUT2D eigenvalue weighted by Gasteiger charge is 2.41. The number of unbranched alkanes of at least 4 members (excludes halogenated alkanes) is 5. The second kappa shape index (κ2) is 15.1. The van der Waals surface area contributed by atoms with E-state index < -0.39 is 18.0 Å². The van der Waals surface area contributed by atoms with Crippen LogP contribution in [0.1, 0.15) is 60.1 Å². The van der Waals surface area contributed by atoms with E-state index in [-0.39, 0.29) is 11.7 Å². The van der Waals surface area contributed by atoms with Crippen LogP contribution >= 0.6 is 0 Å². The lowest BCUT2D eigenvalue weighted by Crippen LogP contribution is -2.44. The smallest absolute Gasteiger partial charge is 0.404 e. The lowest BCUT2D eigenvalue weighted by Gasteiger charge is -2.10. The van der Waals surface area contributed by atoms with Crippen molar-refractivity contribution < 1.29 is 28.4 Å². The minimum Gasteiger partial charge on any atom is -0.491 e. The molecule has 3 aromatic carbocycles. The maximum atomic E-state index is 14.9. The second-order valence-corrected chi connectivity index (χ2v) is 11.0. The Kier molecular flexibility index (Phi) is 10.5. The lowest BCUT2D eigenvalue weighted by molar-refractivity contribution is -0.552. The van der Waals surface area contributed by atoms with Crippen LogP contribution in [-0.2, 0) is 12.8 Å². The van der Waals surface area contributed by atoms with Crippen LogP contribution in [0.25, 0.3) is 11.3 Å². The van der Waals surface area contributed by atoms with Gasteiger partial charge in [-0.15, -0.1) is 0 Å². The Morgan fingerprint density at radius 3 is 2.36 bits per heavy atom. The molecule has 1 unspecified atom stereocenters. The molecule has 0 radical (unpaired) electrons. The number of benzene rings is 3. The number of fused-ring (bicyclic) bond motifs is 1. The first-order valence-electron chi connectivity index (χ1n) is 15.2. The molecular weight excluding hydrogens is 559 g/mol. The number of nitrogens with zero attached hydrogens (tertiary/aromatic N) is 2. The number of halogens is 1. The van der Waals surface area contributed by atoms with Crippen LogP contribution in [0.4, 0.5) is 15.0 Å². The van der Waals surface area contributed by atoms with Crippen LogP contribution in [0.2, 0.25) is 0 Å². The van der Waals surface area contributed by atoms with Gasteiger partial charge in [-0.1, -0.05) is 92.4 Å². The first-order valence-corrected chi connectivity index (χ1v) is 15.2. The molecule has 1 aliphatic rings. The number of anilines is 1. The molecule has 0 spiro atoms. The summed E-state index contributed by atoms with van der Waals surface area (Å²) in [5, 5.41) is 14.3. The van der Waals surface area contributed by atoms with Gasteiger partial charge < -0.3 is 15.2 Å². The molecule has 9 heteroatoms. The number of aromatic nitrogens is 2. The highest BCUT2D eigenvalue weighted by atomic mass is 19.1. The molecule has 228 valence electrons. The topological polar surface area (TPSA) is 104 Å². The molecule has 4 aromatic rings. The number of hydrogen-bond acceptors (Lipinski definition) is 5. The number of carboxylic acid groups (broad SMARTS) is 1. The molecule has 0 bridgehead atoms. The molecule has 1 amide bonds. The van der Waals surface area contributed by atoms with Crippen molar-refractivity contribution in [2.24, 2.45) is 0 Å². The zero-order valence-electron chi connectivity index (χ0n) is 24.7. The molecular formula is C35H38FN4O4+. The van der Waals surface area contributed by atoms with Gasteiger partial charge in [-0.25, -0.2) is 19.0 Å². The normalized spacial score (nSPS) is 13.8. The first kappa shape index (κ1) is 30.7. The van der Waals surface area contributed by atoms with Crippen LogP contribution in [0.3, 0.4) is 0 Å². The maximum absolute atomic E-state index is 14.9. The molecule has 5 rings (SSSR count). The van der Waals surface area contributed by atoms with Crippen molar-refractivity contribution in [1.29, 1.82) is 0 Å². The Morgan fingerprint density at radius 1 is 0.932 bits per heavy atom. The molecule has 0 saturated carbocycles. The average molecular weight is 598 g/mol. The minimum atomic E-state index is -0.987. The van der Waals surface area contributed by atoms with E-state index in [9.17, 15) is 14.0 Å². The summed E-state index contributed by atoms with van der Waals surface area (Å²) in [6, 6.07) is 24.2. The van der Waals surface area contributed by atoms with Crippen molar-refractivity contribution in [2.45, 2.75) is 57.4 Å². The van der Waals surface area contributed by atoms with Crippen molar-refractivity contribution in [2.75, 3.05) is 18.5 Å². The summed E-state index contributed by atoms with van der Waals surface area (Å²) >= 11 is 0. The van der Waals surface area contributed by atoms with E-state index in [4.69, 9.17) is 14.8 Å². The monoisotopic (exact) mass is 597 g/mol. The lowest BCUT2D eigenvalue weighted by atomic mass is 10.1. The Labute approximate surface area is 256 Å². The SMILES string of the molecule is O=C(O)NCCCCCCCCOc1ccc(CC2Nc3c(Cc4ccccc4)nc(-c4ccccc4)c[n+]3C2=O)cc1F. The number of nitrogens with one attached hydrogen (secondary N) is 2. The number of carbonyl (C=O) groups excluding carboxylic acids is 1. The summed E-state index contributed by atoms with van der Waals surface area (Å²) < 4.78 is 22.3. The van der Waals surface area contributed by atoms with Gasteiger partial charge in [0, 0.05) is 24.9 Å². The molecule has 1 atom stereocenters. The van der Waals surface area contributed by atoms with E-state index in [2.05, 4.69) is 10.6 Å². The van der Waals surface area contributed by atoms with Gasteiger partial charge in [0.15, 0.2) is 17.6 Å². The number of hydrogen-bond donors (Lipinski definition) is 3. The second-order valence-electron chi connectivity index (χ2n) is 11.0. The van der Waals surface area contributed by atoms with Crippen LogP contribution in [0.15, 0.2) is 85.1 Å².